The predicted molar refractivity (Wildman–Crippen MR) is 73.8 cm³/mol. The van der Waals surface area contributed by atoms with Crippen molar-refractivity contribution in [3.05, 3.63) is 40.8 Å². The smallest absolute Gasteiger partial charge is 0.126 e. The molecule has 0 aliphatic heterocycles. The molecule has 0 aliphatic rings. The third-order valence-electron chi connectivity index (χ3n) is 2.93. The highest BCUT2D eigenvalue weighted by molar-refractivity contribution is 9.10. The van der Waals surface area contributed by atoms with Crippen LogP contribution in [0.1, 0.15) is 19.7 Å². The zero-order valence-electron chi connectivity index (χ0n) is 10.2. The van der Waals surface area contributed by atoms with Crippen LogP contribution in [-0.2, 0) is 5.54 Å². The van der Waals surface area contributed by atoms with Crippen LogP contribution < -0.4 is 5.32 Å². The van der Waals surface area contributed by atoms with Crippen LogP contribution in [0.15, 0.2) is 34.9 Å². The summed E-state index contributed by atoms with van der Waals surface area (Å²) >= 11 is 3.47. The van der Waals surface area contributed by atoms with E-state index in [9.17, 15) is 0 Å². The lowest BCUT2D eigenvalue weighted by Crippen LogP contribution is -2.34. The summed E-state index contributed by atoms with van der Waals surface area (Å²) in [5, 5.41) is 3.23. The summed E-state index contributed by atoms with van der Waals surface area (Å²) in [6.45, 7) is 4.19. The number of imidazole rings is 1. The Labute approximate surface area is 110 Å². The Morgan fingerprint density at radius 3 is 2.76 bits per heavy atom. The number of hydrogen-bond acceptors (Lipinski definition) is 2. The Morgan fingerprint density at radius 1 is 1.35 bits per heavy atom. The lowest BCUT2D eigenvalue weighted by Gasteiger charge is -2.20. The number of hydrogen-bond donors (Lipinski definition) is 2. The number of aromatic nitrogens is 2. The van der Waals surface area contributed by atoms with Gasteiger partial charge in [0.15, 0.2) is 0 Å². The van der Waals surface area contributed by atoms with Gasteiger partial charge in [-0.3, -0.25) is 0 Å². The van der Waals surface area contributed by atoms with E-state index in [1.54, 1.807) is 0 Å². The van der Waals surface area contributed by atoms with Crippen LogP contribution >= 0.6 is 15.9 Å². The zero-order valence-corrected chi connectivity index (χ0v) is 11.8. The van der Waals surface area contributed by atoms with Gasteiger partial charge in [0.05, 0.1) is 17.4 Å². The molecule has 3 nitrogen and oxygen atoms in total. The monoisotopic (exact) mass is 293 g/mol. The van der Waals surface area contributed by atoms with Gasteiger partial charge in [0, 0.05) is 10.0 Å². The number of aromatic amines is 1. The van der Waals surface area contributed by atoms with E-state index in [-0.39, 0.29) is 5.54 Å². The topological polar surface area (TPSA) is 40.7 Å². The molecule has 0 fully saturated rings. The molecule has 0 amide bonds. The Bertz CT molecular complexity index is 517. The van der Waals surface area contributed by atoms with E-state index in [2.05, 4.69) is 57.2 Å². The van der Waals surface area contributed by atoms with Gasteiger partial charge in [-0.25, -0.2) is 4.98 Å². The molecule has 2 aromatic rings. The minimum absolute atomic E-state index is 0.149. The maximum atomic E-state index is 4.43. The van der Waals surface area contributed by atoms with Crippen molar-refractivity contribution >= 4 is 15.9 Å². The Kier molecular flexibility index (Phi) is 3.35. The predicted octanol–water partition coefficient (Wildman–Crippen LogP) is 3.29. The SMILES string of the molecule is CNC(C)(C)c1ncc(-c2cccc(Br)c2)[nH]1. The molecule has 1 heterocycles. The van der Waals surface area contributed by atoms with Crippen LogP contribution in [0, 0.1) is 0 Å². The molecule has 2 rings (SSSR count). The van der Waals surface area contributed by atoms with Crippen LogP contribution in [0.4, 0.5) is 0 Å². The van der Waals surface area contributed by atoms with E-state index in [1.165, 1.54) is 0 Å². The highest BCUT2D eigenvalue weighted by Gasteiger charge is 2.21. The first-order valence-corrected chi connectivity index (χ1v) is 6.32. The maximum Gasteiger partial charge on any atom is 0.126 e. The highest BCUT2D eigenvalue weighted by Crippen LogP contribution is 2.24. The van der Waals surface area contributed by atoms with Crippen LogP contribution in [0.25, 0.3) is 11.3 Å². The molecule has 0 radical (unpaired) electrons. The number of benzene rings is 1. The standard InChI is InChI=1S/C13H16BrN3/c1-13(2,15-3)12-16-8-11(17-12)9-5-4-6-10(14)7-9/h4-8,15H,1-3H3,(H,16,17). The molecule has 0 atom stereocenters. The average molecular weight is 294 g/mol. The number of rotatable bonds is 3. The third-order valence-corrected chi connectivity index (χ3v) is 3.42. The first-order chi connectivity index (χ1) is 8.03. The van der Waals surface area contributed by atoms with Gasteiger partial charge in [0.25, 0.3) is 0 Å². The average Bonchev–Trinajstić information content (AvgIpc) is 2.79. The molecule has 0 saturated heterocycles. The molecule has 0 spiro atoms. The van der Waals surface area contributed by atoms with E-state index >= 15 is 0 Å². The number of halogens is 1. The summed E-state index contributed by atoms with van der Waals surface area (Å²) in [4.78, 5) is 7.78. The van der Waals surface area contributed by atoms with Gasteiger partial charge in [0.2, 0.25) is 0 Å². The molecule has 2 N–H and O–H groups in total. The molecule has 90 valence electrons. The molecular formula is C13H16BrN3. The van der Waals surface area contributed by atoms with Gasteiger partial charge in [-0.05, 0) is 33.0 Å². The minimum Gasteiger partial charge on any atom is -0.340 e. The van der Waals surface area contributed by atoms with Crippen LogP contribution in [0.5, 0.6) is 0 Å². The van der Waals surface area contributed by atoms with Crippen molar-refractivity contribution < 1.29 is 0 Å². The van der Waals surface area contributed by atoms with Gasteiger partial charge in [-0.2, -0.15) is 0 Å². The highest BCUT2D eigenvalue weighted by atomic mass is 79.9. The van der Waals surface area contributed by atoms with Gasteiger partial charge in [0.1, 0.15) is 5.82 Å². The summed E-state index contributed by atoms with van der Waals surface area (Å²) in [5.74, 6) is 0.940. The normalized spacial score (nSPS) is 11.8. The third kappa shape index (κ3) is 2.58. The van der Waals surface area contributed by atoms with E-state index in [0.717, 1.165) is 21.6 Å². The molecule has 0 saturated carbocycles. The fourth-order valence-electron chi connectivity index (χ4n) is 1.56. The first kappa shape index (κ1) is 12.3. The van der Waals surface area contributed by atoms with Crippen LogP contribution in [-0.4, -0.2) is 17.0 Å². The summed E-state index contributed by atoms with van der Waals surface area (Å²) < 4.78 is 1.07. The second kappa shape index (κ2) is 4.63. The van der Waals surface area contributed by atoms with Crippen LogP contribution in [0.3, 0.4) is 0 Å². The maximum absolute atomic E-state index is 4.43. The van der Waals surface area contributed by atoms with Gasteiger partial charge < -0.3 is 10.3 Å². The lowest BCUT2D eigenvalue weighted by molar-refractivity contribution is 0.421. The zero-order chi connectivity index (χ0) is 12.5. The van der Waals surface area contributed by atoms with Crippen molar-refractivity contribution in [2.75, 3.05) is 7.05 Å². The number of nitrogens with one attached hydrogen (secondary N) is 2. The molecule has 1 aromatic heterocycles. The van der Waals surface area contributed by atoms with Gasteiger partial charge in [-0.1, -0.05) is 28.1 Å². The fourth-order valence-corrected chi connectivity index (χ4v) is 1.96. The molecule has 0 bridgehead atoms. The summed E-state index contributed by atoms with van der Waals surface area (Å²) in [5.41, 5.74) is 2.01. The van der Waals surface area contributed by atoms with E-state index in [4.69, 9.17) is 0 Å². The first-order valence-electron chi connectivity index (χ1n) is 5.53. The largest absolute Gasteiger partial charge is 0.340 e. The van der Waals surface area contributed by atoms with Crippen molar-refractivity contribution in [3.8, 4) is 11.3 Å². The van der Waals surface area contributed by atoms with Crippen molar-refractivity contribution in [2.24, 2.45) is 0 Å². The van der Waals surface area contributed by atoms with Crippen molar-refractivity contribution in [1.82, 2.24) is 15.3 Å². The molecule has 0 aliphatic carbocycles. The van der Waals surface area contributed by atoms with Crippen LogP contribution in [0.2, 0.25) is 0 Å². The van der Waals surface area contributed by atoms with E-state index in [1.807, 2.05) is 25.4 Å². The quantitative estimate of drug-likeness (QED) is 0.912. The molecule has 17 heavy (non-hydrogen) atoms. The Balaban J connectivity index is 2.36. The second-order valence-corrected chi connectivity index (χ2v) is 5.45. The molecule has 0 unspecified atom stereocenters. The van der Waals surface area contributed by atoms with Gasteiger partial charge >= 0.3 is 0 Å². The van der Waals surface area contributed by atoms with Gasteiger partial charge in [-0.15, -0.1) is 0 Å². The summed E-state index contributed by atoms with van der Waals surface area (Å²) in [7, 11) is 1.93. The van der Waals surface area contributed by atoms with Crippen molar-refractivity contribution in [2.45, 2.75) is 19.4 Å². The fraction of sp³-hybridized carbons (Fsp3) is 0.308. The Hall–Kier alpha value is -1.13. The van der Waals surface area contributed by atoms with Crippen molar-refractivity contribution in [1.29, 1.82) is 0 Å². The summed E-state index contributed by atoms with van der Waals surface area (Å²) in [6, 6.07) is 8.17. The number of H-pyrrole nitrogens is 1. The number of nitrogens with zero attached hydrogens (tertiary/aromatic N) is 1. The molecular weight excluding hydrogens is 278 g/mol. The van der Waals surface area contributed by atoms with E-state index < -0.39 is 0 Å². The minimum atomic E-state index is -0.149. The molecule has 1 aromatic carbocycles. The lowest BCUT2D eigenvalue weighted by atomic mass is 10.1. The second-order valence-electron chi connectivity index (χ2n) is 4.53. The Morgan fingerprint density at radius 2 is 2.12 bits per heavy atom. The summed E-state index contributed by atoms with van der Waals surface area (Å²) in [6.07, 6.45) is 1.87. The van der Waals surface area contributed by atoms with E-state index in [0.29, 0.717) is 0 Å². The van der Waals surface area contributed by atoms with Crippen molar-refractivity contribution in [3.63, 3.8) is 0 Å². The molecule has 4 heteroatoms.